The first-order valence-corrected chi connectivity index (χ1v) is 13.4. The van der Waals surface area contributed by atoms with Gasteiger partial charge in [0.25, 0.3) is 11.5 Å². The third-order valence-electron chi connectivity index (χ3n) is 6.09. The number of thiazole rings is 1. The zero-order chi connectivity index (χ0) is 25.7. The quantitative estimate of drug-likeness (QED) is 0.414. The molecule has 1 fully saturated rings. The second-order valence-electron chi connectivity index (χ2n) is 8.44. The van der Waals surface area contributed by atoms with Crippen molar-refractivity contribution in [1.82, 2.24) is 9.99 Å². The molecule has 0 aliphatic carbocycles. The number of amidine groups is 1. The molecule has 0 atom stereocenters. The van der Waals surface area contributed by atoms with Gasteiger partial charge >= 0.3 is 0 Å². The number of nitrogens with zero attached hydrogens (tertiary/aromatic N) is 4. The summed E-state index contributed by atoms with van der Waals surface area (Å²) in [7, 11) is 3.60. The molecule has 1 saturated heterocycles. The first-order chi connectivity index (χ1) is 17.9. The predicted molar refractivity (Wildman–Crippen MR) is 152 cm³/mol. The summed E-state index contributed by atoms with van der Waals surface area (Å²) >= 11 is 9.02. The average Bonchev–Trinajstić information content (AvgIpc) is 3.51. The average molecular weight is 546 g/mol. The van der Waals surface area contributed by atoms with Crippen molar-refractivity contribution in [2.45, 2.75) is 4.90 Å². The lowest BCUT2D eigenvalue weighted by Crippen LogP contribution is -2.35. The first kappa shape index (κ1) is 23.6. The molecule has 0 bridgehead atoms. The number of aromatic nitrogens is 1. The van der Waals surface area contributed by atoms with Crippen LogP contribution in [0.3, 0.4) is 0 Å². The highest BCUT2D eigenvalue weighted by Crippen LogP contribution is 2.46. The number of hydrogen-bond donors (Lipinski definition) is 1. The van der Waals surface area contributed by atoms with Gasteiger partial charge in [0, 0.05) is 24.0 Å². The Morgan fingerprint density at radius 3 is 2.35 bits per heavy atom. The number of rotatable bonds is 2. The van der Waals surface area contributed by atoms with E-state index in [-0.39, 0.29) is 11.5 Å². The standard InChI is InChI=1S/C27H20ClN5O2S2/c1-31-19-15-16(28)13-14-20(19)36-27(31)22-25(35)32(2)26(37-22)21-23(29-17-9-5-3-6-10-17)30-33(24(21)34)18-11-7-4-8-12-18/h3-15H,1-2H3,(H,29,30)/b26-21+,27-22-. The van der Waals surface area contributed by atoms with Gasteiger partial charge in [0.2, 0.25) is 0 Å². The summed E-state index contributed by atoms with van der Waals surface area (Å²) < 4.78 is 2.61. The summed E-state index contributed by atoms with van der Waals surface area (Å²) in [6.45, 7) is 0. The highest BCUT2D eigenvalue weighted by molar-refractivity contribution is 8.08. The molecule has 1 N–H and O–H groups in total. The van der Waals surface area contributed by atoms with Crippen molar-refractivity contribution in [2.75, 3.05) is 17.0 Å². The molecule has 0 spiro atoms. The van der Waals surface area contributed by atoms with Gasteiger partial charge in [-0.1, -0.05) is 59.8 Å². The lowest BCUT2D eigenvalue weighted by molar-refractivity contribution is -0.113. The lowest BCUT2D eigenvalue weighted by atomic mass is 10.2. The van der Waals surface area contributed by atoms with Crippen LogP contribution in [-0.4, -0.2) is 23.4 Å². The second kappa shape index (κ2) is 9.26. The van der Waals surface area contributed by atoms with E-state index in [1.54, 1.807) is 7.05 Å². The number of amides is 1. The van der Waals surface area contributed by atoms with Crippen LogP contribution in [0, 0.1) is 0 Å². The van der Waals surface area contributed by atoms with Gasteiger partial charge in [-0.2, -0.15) is 0 Å². The maximum absolute atomic E-state index is 13.8. The van der Waals surface area contributed by atoms with Gasteiger partial charge < -0.3 is 9.47 Å². The van der Waals surface area contributed by atoms with E-state index >= 15 is 0 Å². The topological polar surface area (TPSA) is 69.9 Å². The lowest BCUT2D eigenvalue weighted by Gasteiger charge is -2.14. The SMILES string of the molecule is CN1/C(=c2/s/c(=C3/C(=O)N(c4ccccc4)NC3=Nc3ccccc3)n(C)c2=O)Sc2ccc(Cl)cc21. The van der Waals surface area contributed by atoms with Crippen LogP contribution in [-0.2, 0) is 11.8 Å². The number of para-hydroxylation sites is 2. The maximum atomic E-state index is 13.8. The number of halogens is 1. The Kier molecular flexibility index (Phi) is 5.91. The van der Waals surface area contributed by atoms with Gasteiger partial charge in [0.1, 0.15) is 19.8 Å². The van der Waals surface area contributed by atoms with Crippen LogP contribution in [0.2, 0.25) is 5.02 Å². The Bertz CT molecular complexity index is 1760. The van der Waals surface area contributed by atoms with E-state index in [0.717, 1.165) is 15.6 Å². The molecular weight excluding hydrogens is 526 g/mol. The largest absolute Gasteiger partial charge is 0.337 e. The first-order valence-electron chi connectivity index (χ1n) is 11.4. The molecule has 3 heterocycles. The number of carbonyl (C=O) groups is 1. The molecule has 3 aromatic carbocycles. The number of fused-ring (bicyclic) bond motifs is 1. The Morgan fingerprint density at radius 2 is 1.62 bits per heavy atom. The van der Waals surface area contributed by atoms with Crippen LogP contribution in [0.15, 0.2) is 93.5 Å². The third kappa shape index (κ3) is 4.05. The van der Waals surface area contributed by atoms with Crippen molar-refractivity contribution in [2.24, 2.45) is 12.0 Å². The number of anilines is 2. The molecule has 2 aliphatic heterocycles. The fourth-order valence-corrected chi connectivity index (χ4v) is 6.84. The zero-order valence-electron chi connectivity index (χ0n) is 19.8. The molecule has 0 radical (unpaired) electrons. The highest BCUT2D eigenvalue weighted by atomic mass is 35.5. The van der Waals surface area contributed by atoms with Gasteiger partial charge in [-0.3, -0.25) is 15.0 Å². The predicted octanol–water partition coefficient (Wildman–Crippen LogP) is 3.84. The molecular formula is C27H20ClN5O2S2. The van der Waals surface area contributed by atoms with Gasteiger partial charge in [0.15, 0.2) is 5.84 Å². The monoisotopic (exact) mass is 545 g/mol. The second-order valence-corrected chi connectivity index (χ2v) is 10.9. The molecule has 4 aromatic rings. The number of benzene rings is 3. The molecule has 7 nitrogen and oxygen atoms in total. The van der Waals surface area contributed by atoms with Crippen LogP contribution in [0.5, 0.6) is 0 Å². The highest BCUT2D eigenvalue weighted by Gasteiger charge is 2.35. The Labute approximate surface area is 225 Å². The van der Waals surface area contributed by atoms with Crippen molar-refractivity contribution >= 4 is 74.1 Å². The minimum atomic E-state index is -0.281. The Balaban J connectivity index is 1.58. The number of carbonyl (C=O) groups excluding carboxylic acids is 1. The van der Waals surface area contributed by atoms with E-state index in [0.29, 0.717) is 37.0 Å². The van der Waals surface area contributed by atoms with E-state index in [9.17, 15) is 9.59 Å². The van der Waals surface area contributed by atoms with Crippen LogP contribution in [0.4, 0.5) is 17.1 Å². The number of hydrazine groups is 1. The van der Waals surface area contributed by atoms with Crippen molar-refractivity contribution in [1.29, 1.82) is 0 Å². The van der Waals surface area contributed by atoms with Crippen molar-refractivity contribution in [3.8, 4) is 0 Å². The fourth-order valence-electron chi connectivity index (χ4n) is 4.22. The summed E-state index contributed by atoms with van der Waals surface area (Å²) in [5, 5.41) is 2.89. The van der Waals surface area contributed by atoms with E-state index in [2.05, 4.69) is 5.43 Å². The van der Waals surface area contributed by atoms with E-state index in [1.807, 2.05) is 90.8 Å². The van der Waals surface area contributed by atoms with Crippen LogP contribution in [0.25, 0.3) is 10.6 Å². The van der Waals surface area contributed by atoms with Gasteiger partial charge in [-0.15, -0.1) is 11.3 Å². The van der Waals surface area contributed by atoms with Crippen LogP contribution >= 0.6 is 34.7 Å². The van der Waals surface area contributed by atoms with Gasteiger partial charge in [0.05, 0.1) is 17.1 Å². The number of thioether (sulfide) groups is 1. The van der Waals surface area contributed by atoms with Crippen molar-refractivity contribution in [3.05, 3.63) is 103 Å². The minimum Gasteiger partial charge on any atom is -0.337 e. The maximum Gasteiger partial charge on any atom is 0.283 e. The third-order valence-corrected chi connectivity index (χ3v) is 8.93. The molecule has 2 aliphatic rings. The zero-order valence-corrected chi connectivity index (χ0v) is 22.2. The number of aliphatic imine (C=N–C) groups is 1. The normalized spacial score (nSPS) is 19.0. The van der Waals surface area contributed by atoms with Crippen molar-refractivity contribution in [3.63, 3.8) is 0 Å². The number of hydrogen-bond acceptors (Lipinski definition) is 6. The summed E-state index contributed by atoms with van der Waals surface area (Å²) in [6, 6.07) is 24.4. The smallest absolute Gasteiger partial charge is 0.283 e. The summed E-state index contributed by atoms with van der Waals surface area (Å²) in [4.78, 5) is 35.0. The molecule has 0 saturated carbocycles. The van der Waals surface area contributed by atoms with Crippen molar-refractivity contribution < 1.29 is 4.79 Å². The molecule has 6 rings (SSSR count). The Morgan fingerprint density at radius 1 is 0.919 bits per heavy atom. The molecule has 37 heavy (non-hydrogen) atoms. The van der Waals surface area contributed by atoms with E-state index < -0.39 is 0 Å². The summed E-state index contributed by atoms with van der Waals surface area (Å²) in [5.41, 5.74) is 5.64. The van der Waals surface area contributed by atoms with Crippen LogP contribution < -0.4 is 30.1 Å². The molecule has 1 aromatic heterocycles. The fraction of sp³-hybridized carbons (Fsp3) is 0.0741. The van der Waals surface area contributed by atoms with Crippen LogP contribution in [0.1, 0.15) is 0 Å². The summed E-state index contributed by atoms with van der Waals surface area (Å²) in [6.07, 6.45) is 0. The van der Waals surface area contributed by atoms with E-state index in [4.69, 9.17) is 16.6 Å². The van der Waals surface area contributed by atoms with Gasteiger partial charge in [-0.05, 0) is 42.5 Å². The molecule has 184 valence electrons. The van der Waals surface area contributed by atoms with E-state index in [1.165, 1.54) is 32.7 Å². The molecule has 0 unspecified atom stereocenters. The Hall–Kier alpha value is -3.79. The molecule has 1 amide bonds. The minimum absolute atomic E-state index is 0.175. The molecule has 10 heteroatoms. The number of nitrogens with one attached hydrogen (secondary N) is 1. The summed E-state index contributed by atoms with van der Waals surface area (Å²) in [5.74, 6) is 0.104. The van der Waals surface area contributed by atoms with Gasteiger partial charge in [-0.25, -0.2) is 10.0 Å².